The van der Waals surface area contributed by atoms with Crippen molar-refractivity contribution in [2.24, 2.45) is 0 Å². The molecule has 0 atom stereocenters. The second-order valence-corrected chi connectivity index (χ2v) is 5.97. The van der Waals surface area contributed by atoms with Crippen molar-refractivity contribution >= 4 is 10.0 Å². The SMILES string of the molecule is Cc1ccc(S(=O)(=O)N(CCC#N)CCC#N)cc1. The first-order valence-corrected chi connectivity index (χ1v) is 7.27. The van der Waals surface area contributed by atoms with Crippen molar-refractivity contribution in [1.29, 1.82) is 10.5 Å². The van der Waals surface area contributed by atoms with Crippen LogP contribution in [0.3, 0.4) is 0 Å². The molecule has 0 fully saturated rings. The maximum atomic E-state index is 12.4. The zero-order valence-electron chi connectivity index (χ0n) is 10.7. The normalized spacial score (nSPS) is 10.9. The van der Waals surface area contributed by atoms with E-state index in [0.29, 0.717) is 0 Å². The number of hydrogen-bond donors (Lipinski definition) is 0. The van der Waals surface area contributed by atoms with Gasteiger partial charge in [-0.25, -0.2) is 8.42 Å². The molecule has 0 aliphatic rings. The van der Waals surface area contributed by atoms with Crippen LogP contribution in [0.25, 0.3) is 0 Å². The van der Waals surface area contributed by atoms with Gasteiger partial charge in [-0.05, 0) is 19.1 Å². The molecule has 19 heavy (non-hydrogen) atoms. The third-order valence-electron chi connectivity index (χ3n) is 2.60. The monoisotopic (exact) mass is 277 g/mol. The number of hydrogen-bond acceptors (Lipinski definition) is 4. The molecule has 0 spiro atoms. The summed E-state index contributed by atoms with van der Waals surface area (Å²) in [4.78, 5) is 0.189. The number of sulfonamides is 1. The van der Waals surface area contributed by atoms with Crippen LogP contribution in [0, 0.1) is 29.6 Å². The van der Waals surface area contributed by atoms with E-state index >= 15 is 0 Å². The van der Waals surface area contributed by atoms with Crippen LogP contribution in [0.1, 0.15) is 18.4 Å². The lowest BCUT2D eigenvalue weighted by Gasteiger charge is -2.20. The summed E-state index contributed by atoms with van der Waals surface area (Å²) in [5.74, 6) is 0. The van der Waals surface area contributed by atoms with Crippen molar-refractivity contribution in [1.82, 2.24) is 4.31 Å². The average Bonchev–Trinajstić information content (AvgIpc) is 2.39. The van der Waals surface area contributed by atoms with Crippen molar-refractivity contribution in [3.05, 3.63) is 29.8 Å². The lowest BCUT2D eigenvalue weighted by Crippen LogP contribution is -2.32. The molecule has 0 saturated carbocycles. The van der Waals surface area contributed by atoms with Crippen LogP contribution in [-0.4, -0.2) is 25.8 Å². The van der Waals surface area contributed by atoms with Crippen LogP contribution in [0.4, 0.5) is 0 Å². The van der Waals surface area contributed by atoms with Gasteiger partial charge in [0.05, 0.1) is 17.0 Å². The van der Waals surface area contributed by atoms with Gasteiger partial charge < -0.3 is 0 Å². The summed E-state index contributed by atoms with van der Waals surface area (Å²) in [6.45, 7) is 2.09. The second kappa shape index (κ2) is 6.89. The minimum absolute atomic E-state index is 0.106. The molecule has 0 amide bonds. The second-order valence-electron chi connectivity index (χ2n) is 4.03. The van der Waals surface area contributed by atoms with E-state index in [-0.39, 0.29) is 30.8 Å². The molecular weight excluding hydrogens is 262 g/mol. The summed E-state index contributed by atoms with van der Waals surface area (Å²) in [5.41, 5.74) is 0.972. The lowest BCUT2D eigenvalue weighted by atomic mass is 10.2. The number of aryl methyl sites for hydroxylation is 1. The van der Waals surface area contributed by atoms with E-state index in [1.165, 1.54) is 16.4 Å². The highest BCUT2D eigenvalue weighted by molar-refractivity contribution is 7.89. The average molecular weight is 277 g/mol. The standard InChI is InChI=1S/C13H15N3O2S/c1-12-4-6-13(7-5-12)19(17,18)16(10-2-8-14)11-3-9-15/h4-7H,2-3,10-11H2,1H3. The van der Waals surface area contributed by atoms with Gasteiger partial charge in [-0.1, -0.05) is 17.7 Å². The Bertz CT molecular complexity index is 576. The van der Waals surface area contributed by atoms with Crippen LogP contribution in [0.15, 0.2) is 29.2 Å². The zero-order chi connectivity index (χ0) is 14.3. The minimum atomic E-state index is -3.63. The summed E-state index contributed by atoms with van der Waals surface area (Å²) < 4.78 is 25.9. The van der Waals surface area contributed by atoms with Crippen molar-refractivity contribution in [3.63, 3.8) is 0 Å². The van der Waals surface area contributed by atoms with E-state index in [2.05, 4.69) is 0 Å². The van der Waals surface area contributed by atoms with E-state index in [1.54, 1.807) is 12.1 Å². The number of nitrogens with zero attached hydrogens (tertiary/aromatic N) is 3. The molecule has 0 aliphatic heterocycles. The summed E-state index contributed by atoms with van der Waals surface area (Å²) in [5, 5.41) is 17.2. The molecule has 1 aromatic rings. The van der Waals surface area contributed by atoms with Crippen LogP contribution in [0.5, 0.6) is 0 Å². The van der Waals surface area contributed by atoms with E-state index < -0.39 is 10.0 Å². The molecule has 0 saturated heterocycles. The fraction of sp³-hybridized carbons (Fsp3) is 0.385. The Kier molecular flexibility index (Phi) is 5.50. The minimum Gasteiger partial charge on any atom is -0.207 e. The van der Waals surface area contributed by atoms with Crippen LogP contribution in [0.2, 0.25) is 0 Å². The molecule has 0 radical (unpaired) electrons. The van der Waals surface area contributed by atoms with E-state index in [4.69, 9.17) is 10.5 Å². The number of benzene rings is 1. The van der Waals surface area contributed by atoms with E-state index in [9.17, 15) is 8.42 Å². The predicted molar refractivity (Wildman–Crippen MR) is 70.4 cm³/mol. The highest BCUT2D eigenvalue weighted by atomic mass is 32.2. The maximum Gasteiger partial charge on any atom is 0.243 e. The molecule has 1 rings (SSSR count). The molecule has 0 bridgehead atoms. The molecule has 0 heterocycles. The highest BCUT2D eigenvalue weighted by Gasteiger charge is 2.23. The Balaban J connectivity index is 3.01. The van der Waals surface area contributed by atoms with Crippen molar-refractivity contribution < 1.29 is 8.42 Å². The van der Waals surface area contributed by atoms with Gasteiger partial charge in [-0.15, -0.1) is 0 Å². The Hall–Kier alpha value is -1.89. The third-order valence-corrected chi connectivity index (χ3v) is 4.52. The van der Waals surface area contributed by atoms with Gasteiger partial charge in [-0.2, -0.15) is 14.8 Å². The largest absolute Gasteiger partial charge is 0.243 e. The van der Waals surface area contributed by atoms with Gasteiger partial charge in [0.25, 0.3) is 0 Å². The van der Waals surface area contributed by atoms with Gasteiger partial charge >= 0.3 is 0 Å². The molecule has 0 aromatic heterocycles. The topological polar surface area (TPSA) is 85.0 Å². The molecule has 0 aliphatic carbocycles. The lowest BCUT2D eigenvalue weighted by molar-refractivity contribution is 0.425. The van der Waals surface area contributed by atoms with Crippen LogP contribution in [-0.2, 0) is 10.0 Å². The first-order chi connectivity index (χ1) is 9.02. The molecule has 0 unspecified atom stereocenters. The third kappa shape index (κ3) is 4.06. The van der Waals surface area contributed by atoms with Gasteiger partial charge in [-0.3, -0.25) is 0 Å². The summed E-state index contributed by atoms with van der Waals surface area (Å²) in [6.07, 6.45) is 0.215. The molecule has 100 valence electrons. The Morgan fingerprint density at radius 3 is 1.95 bits per heavy atom. The van der Waals surface area contributed by atoms with Gasteiger partial charge in [0.2, 0.25) is 10.0 Å². The molecule has 1 aromatic carbocycles. The van der Waals surface area contributed by atoms with E-state index in [1.807, 2.05) is 19.1 Å². The first-order valence-electron chi connectivity index (χ1n) is 5.83. The number of nitriles is 2. The Morgan fingerprint density at radius 2 is 1.53 bits per heavy atom. The quantitative estimate of drug-likeness (QED) is 0.793. The molecule has 5 nitrogen and oxygen atoms in total. The molecule has 0 N–H and O–H groups in total. The first kappa shape index (κ1) is 15.2. The summed E-state index contributed by atoms with van der Waals surface area (Å²) in [6, 6.07) is 10.4. The number of rotatable bonds is 6. The predicted octanol–water partition coefficient (Wildman–Crippen LogP) is 1.81. The van der Waals surface area contributed by atoms with Crippen molar-refractivity contribution in [3.8, 4) is 12.1 Å². The summed E-state index contributed by atoms with van der Waals surface area (Å²) in [7, 11) is -3.63. The van der Waals surface area contributed by atoms with Gasteiger partial charge in [0.15, 0.2) is 0 Å². The zero-order valence-corrected chi connectivity index (χ0v) is 11.5. The molecule has 6 heteroatoms. The van der Waals surface area contributed by atoms with E-state index in [0.717, 1.165) is 5.56 Å². The van der Waals surface area contributed by atoms with Crippen LogP contribution >= 0.6 is 0 Å². The fourth-order valence-corrected chi connectivity index (χ4v) is 3.00. The van der Waals surface area contributed by atoms with Crippen molar-refractivity contribution in [2.75, 3.05) is 13.1 Å². The highest BCUT2D eigenvalue weighted by Crippen LogP contribution is 2.16. The van der Waals surface area contributed by atoms with Crippen LogP contribution < -0.4 is 0 Å². The van der Waals surface area contributed by atoms with Crippen molar-refractivity contribution in [2.45, 2.75) is 24.7 Å². The molecular formula is C13H15N3O2S. The van der Waals surface area contributed by atoms with Gasteiger partial charge in [0, 0.05) is 25.9 Å². The smallest absolute Gasteiger partial charge is 0.207 e. The Labute approximate surface area is 113 Å². The fourth-order valence-electron chi connectivity index (χ4n) is 1.56. The summed E-state index contributed by atoms with van der Waals surface area (Å²) >= 11 is 0. The van der Waals surface area contributed by atoms with Gasteiger partial charge in [0.1, 0.15) is 0 Å². The Morgan fingerprint density at radius 1 is 1.05 bits per heavy atom. The maximum absolute atomic E-state index is 12.4.